The van der Waals surface area contributed by atoms with Crippen LogP contribution in [0.3, 0.4) is 0 Å². The molecule has 0 aliphatic carbocycles. The molecule has 0 amide bonds. The van der Waals surface area contributed by atoms with Gasteiger partial charge in [-0.1, -0.05) is 18.2 Å². The minimum atomic E-state index is -4.36. The van der Waals surface area contributed by atoms with Gasteiger partial charge in [0.15, 0.2) is 6.04 Å². The topological polar surface area (TPSA) is 25.2 Å². The molecule has 1 aromatic heterocycles. The minimum absolute atomic E-state index is 0.107. The molecule has 0 fully saturated rings. The SMILES string of the molecule is CNC(c1cc2cccc(C)c2o1)C(F)(F)F. The summed E-state index contributed by atoms with van der Waals surface area (Å²) in [6, 6.07) is 4.99. The molecule has 0 spiro atoms. The zero-order chi connectivity index (χ0) is 12.6. The van der Waals surface area contributed by atoms with Gasteiger partial charge in [0, 0.05) is 5.39 Å². The Kier molecular flexibility index (Phi) is 2.87. The van der Waals surface area contributed by atoms with Crippen molar-refractivity contribution < 1.29 is 17.6 Å². The quantitative estimate of drug-likeness (QED) is 0.872. The van der Waals surface area contributed by atoms with Gasteiger partial charge in [-0.3, -0.25) is 0 Å². The highest BCUT2D eigenvalue weighted by Gasteiger charge is 2.42. The molecule has 0 aliphatic rings. The number of benzene rings is 1. The summed E-state index contributed by atoms with van der Waals surface area (Å²) in [4.78, 5) is 0. The first-order valence-corrected chi connectivity index (χ1v) is 5.16. The van der Waals surface area contributed by atoms with Crippen molar-refractivity contribution in [2.45, 2.75) is 19.1 Å². The lowest BCUT2D eigenvalue weighted by molar-refractivity contribution is -0.159. The number of furan rings is 1. The minimum Gasteiger partial charge on any atom is -0.459 e. The van der Waals surface area contributed by atoms with Crippen molar-refractivity contribution in [3.63, 3.8) is 0 Å². The number of alkyl halides is 3. The fourth-order valence-corrected chi connectivity index (χ4v) is 1.84. The predicted octanol–water partition coefficient (Wildman–Crippen LogP) is 3.56. The van der Waals surface area contributed by atoms with Gasteiger partial charge in [0.2, 0.25) is 0 Å². The fraction of sp³-hybridized carbons (Fsp3) is 0.333. The molecule has 1 unspecified atom stereocenters. The van der Waals surface area contributed by atoms with Gasteiger partial charge in [-0.25, -0.2) is 0 Å². The molecule has 0 saturated heterocycles. The summed E-state index contributed by atoms with van der Waals surface area (Å²) in [6.07, 6.45) is -4.36. The fourth-order valence-electron chi connectivity index (χ4n) is 1.84. The molecule has 2 rings (SSSR count). The second kappa shape index (κ2) is 4.07. The number of hydrogen-bond donors (Lipinski definition) is 1. The number of hydrogen-bond acceptors (Lipinski definition) is 2. The molecule has 92 valence electrons. The second-order valence-corrected chi connectivity index (χ2v) is 3.91. The molecule has 0 aliphatic heterocycles. The van der Waals surface area contributed by atoms with Crippen LogP contribution >= 0.6 is 0 Å². The molecule has 0 radical (unpaired) electrons. The number of halogens is 3. The van der Waals surface area contributed by atoms with Crippen LogP contribution in [0.5, 0.6) is 0 Å². The van der Waals surface area contributed by atoms with E-state index in [4.69, 9.17) is 4.42 Å². The Hall–Kier alpha value is -1.49. The molecular formula is C12H12F3NO. The Morgan fingerprint density at radius 1 is 1.29 bits per heavy atom. The Bertz CT molecular complexity index is 530. The summed E-state index contributed by atoms with van der Waals surface area (Å²) < 4.78 is 43.4. The maximum absolute atomic E-state index is 12.7. The zero-order valence-electron chi connectivity index (χ0n) is 9.43. The van der Waals surface area contributed by atoms with Crippen molar-refractivity contribution in [1.82, 2.24) is 5.32 Å². The molecule has 1 aromatic carbocycles. The van der Waals surface area contributed by atoms with Crippen molar-refractivity contribution in [1.29, 1.82) is 0 Å². The second-order valence-electron chi connectivity index (χ2n) is 3.91. The largest absolute Gasteiger partial charge is 0.459 e. The van der Waals surface area contributed by atoms with Crippen LogP contribution in [0.15, 0.2) is 28.7 Å². The van der Waals surface area contributed by atoms with Gasteiger partial charge in [0.05, 0.1) is 0 Å². The summed E-state index contributed by atoms with van der Waals surface area (Å²) in [7, 11) is 1.26. The van der Waals surface area contributed by atoms with Gasteiger partial charge < -0.3 is 9.73 Å². The van der Waals surface area contributed by atoms with Gasteiger partial charge in [0.1, 0.15) is 11.3 Å². The maximum atomic E-state index is 12.7. The summed E-state index contributed by atoms with van der Waals surface area (Å²) in [5.74, 6) is -0.107. The number of aryl methyl sites for hydroxylation is 1. The van der Waals surface area contributed by atoms with Crippen molar-refractivity contribution in [2.24, 2.45) is 0 Å². The third kappa shape index (κ3) is 2.15. The molecule has 1 N–H and O–H groups in total. The van der Waals surface area contributed by atoms with E-state index >= 15 is 0 Å². The smallest absolute Gasteiger partial charge is 0.410 e. The lowest BCUT2D eigenvalue weighted by Gasteiger charge is -2.16. The van der Waals surface area contributed by atoms with E-state index in [0.29, 0.717) is 11.0 Å². The van der Waals surface area contributed by atoms with E-state index < -0.39 is 12.2 Å². The average molecular weight is 243 g/mol. The van der Waals surface area contributed by atoms with Gasteiger partial charge in [-0.15, -0.1) is 0 Å². The van der Waals surface area contributed by atoms with Crippen LogP contribution in [0, 0.1) is 6.92 Å². The molecule has 0 saturated carbocycles. The van der Waals surface area contributed by atoms with Crippen LogP contribution in [-0.4, -0.2) is 13.2 Å². The third-order valence-electron chi connectivity index (χ3n) is 2.66. The number of fused-ring (bicyclic) bond motifs is 1. The highest BCUT2D eigenvalue weighted by molar-refractivity contribution is 5.81. The molecular weight excluding hydrogens is 231 g/mol. The average Bonchev–Trinajstić information content (AvgIpc) is 2.61. The van der Waals surface area contributed by atoms with E-state index in [-0.39, 0.29) is 5.76 Å². The molecule has 17 heavy (non-hydrogen) atoms. The summed E-state index contributed by atoms with van der Waals surface area (Å²) in [5, 5.41) is 2.90. The van der Waals surface area contributed by atoms with Crippen molar-refractivity contribution in [3.05, 3.63) is 35.6 Å². The summed E-state index contributed by atoms with van der Waals surface area (Å²) in [5.41, 5.74) is 1.33. The van der Waals surface area contributed by atoms with E-state index in [1.165, 1.54) is 13.1 Å². The molecule has 5 heteroatoms. The maximum Gasteiger partial charge on any atom is 0.410 e. The van der Waals surface area contributed by atoms with E-state index in [1.807, 2.05) is 0 Å². The Labute approximate surface area is 96.4 Å². The molecule has 1 atom stereocenters. The monoisotopic (exact) mass is 243 g/mol. The first kappa shape index (κ1) is 12.0. The first-order valence-electron chi connectivity index (χ1n) is 5.16. The number of para-hydroxylation sites is 1. The Balaban J connectivity index is 2.52. The van der Waals surface area contributed by atoms with Gasteiger partial charge in [0.25, 0.3) is 0 Å². The van der Waals surface area contributed by atoms with Gasteiger partial charge in [-0.05, 0) is 25.6 Å². The normalized spacial score (nSPS) is 14.2. The van der Waals surface area contributed by atoms with E-state index in [2.05, 4.69) is 5.32 Å². The van der Waals surface area contributed by atoms with E-state index in [0.717, 1.165) is 5.56 Å². The molecule has 2 nitrogen and oxygen atoms in total. The van der Waals surface area contributed by atoms with E-state index in [1.54, 1.807) is 25.1 Å². The molecule has 2 aromatic rings. The lowest BCUT2D eigenvalue weighted by Crippen LogP contribution is -2.31. The standard InChI is InChI=1S/C12H12F3NO/c1-7-4-3-5-8-6-9(17-10(7)8)11(16-2)12(13,14)15/h3-6,11,16H,1-2H3. The van der Waals surface area contributed by atoms with Crippen LogP contribution < -0.4 is 5.32 Å². The lowest BCUT2D eigenvalue weighted by atomic mass is 10.1. The predicted molar refractivity (Wildman–Crippen MR) is 58.8 cm³/mol. The number of rotatable bonds is 2. The molecule has 1 heterocycles. The van der Waals surface area contributed by atoms with Crippen LogP contribution in [0.2, 0.25) is 0 Å². The van der Waals surface area contributed by atoms with Crippen LogP contribution in [0.1, 0.15) is 17.4 Å². The van der Waals surface area contributed by atoms with Crippen molar-refractivity contribution in [2.75, 3.05) is 7.05 Å². The number of nitrogens with one attached hydrogen (secondary N) is 1. The van der Waals surface area contributed by atoms with Crippen molar-refractivity contribution in [3.8, 4) is 0 Å². The molecule has 0 bridgehead atoms. The van der Waals surface area contributed by atoms with Gasteiger partial charge >= 0.3 is 6.18 Å². The zero-order valence-corrected chi connectivity index (χ0v) is 9.43. The highest BCUT2D eigenvalue weighted by atomic mass is 19.4. The van der Waals surface area contributed by atoms with Crippen LogP contribution in [-0.2, 0) is 0 Å². The third-order valence-corrected chi connectivity index (χ3v) is 2.66. The van der Waals surface area contributed by atoms with Crippen molar-refractivity contribution >= 4 is 11.0 Å². The van der Waals surface area contributed by atoms with Crippen LogP contribution in [0.4, 0.5) is 13.2 Å². The summed E-state index contributed by atoms with van der Waals surface area (Å²) in [6.45, 7) is 1.80. The van der Waals surface area contributed by atoms with Crippen LogP contribution in [0.25, 0.3) is 11.0 Å². The first-order chi connectivity index (χ1) is 7.93. The van der Waals surface area contributed by atoms with Gasteiger partial charge in [-0.2, -0.15) is 13.2 Å². The van der Waals surface area contributed by atoms with E-state index in [9.17, 15) is 13.2 Å². The highest BCUT2D eigenvalue weighted by Crippen LogP contribution is 2.35. The summed E-state index contributed by atoms with van der Waals surface area (Å²) >= 11 is 0. The Morgan fingerprint density at radius 3 is 2.53 bits per heavy atom. The Morgan fingerprint density at radius 2 is 2.00 bits per heavy atom.